The third kappa shape index (κ3) is 5.22. The van der Waals surface area contributed by atoms with Crippen LogP contribution in [-0.4, -0.2) is 75.4 Å². The van der Waals surface area contributed by atoms with Crippen molar-refractivity contribution in [3.8, 4) is 0 Å². The first-order valence-corrected chi connectivity index (χ1v) is 12.2. The normalized spacial score (nSPS) is 17.2. The molecule has 3 heterocycles. The van der Waals surface area contributed by atoms with Crippen molar-refractivity contribution >= 4 is 22.8 Å². The molecule has 2 aromatic heterocycles. The Morgan fingerprint density at radius 1 is 1.18 bits per heavy atom. The SMILES string of the molecule is CCNC(=O)CN1CCCN(C(=O)c2cc(C3CC3)nc3c2c(=O)[nH]c(=O)n3CC(C)C)CC1. The molecule has 0 bridgehead atoms. The molecule has 10 nitrogen and oxygen atoms in total. The first kappa shape index (κ1) is 24.1. The summed E-state index contributed by atoms with van der Waals surface area (Å²) < 4.78 is 1.49. The van der Waals surface area contributed by atoms with Crippen molar-refractivity contribution in [3.05, 3.63) is 38.2 Å². The topological polar surface area (TPSA) is 120 Å². The number of pyridine rings is 1. The summed E-state index contributed by atoms with van der Waals surface area (Å²) in [5.74, 6) is 0.175. The number of fused-ring (bicyclic) bond motifs is 1. The van der Waals surface area contributed by atoms with E-state index in [4.69, 9.17) is 4.98 Å². The molecule has 2 aromatic rings. The summed E-state index contributed by atoms with van der Waals surface area (Å²) in [6, 6.07) is 1.75. The van der Waals surface area contributed by atoms with Gasteiger partial charge >= 0.3 is 5.69 Å². The summed E-state index contributed by atoms with van der Waals surface area (Å²) in [7, 11) is 0. The quantitative estimate of drug-likeness (QED) is 0.620. The highest BCUT2D eigenvalue weighted by Crippen LogP contribution is 2.40. The molecule has 2 aliphatic rings. The van der Waals surface area contributed by atoms with E-state index in [9.17, 15) is 19.2 Å². The van der Waals surface area contributed by atoms with Gasteiger partial charge in [0.25, 0.3) is 11.5 Å². The number of nitrogens with zero attached hydrogens (tertiary/aromatic N) is 4. The molecule has 2 amide bonds. The lowest BCUT2D eigenvalue weighted by molar-refractivity contribution is -0.122. The molecule has 1 aliphatic heterocycles. The molecule has 0 radical (unpaired) electrons. The third-order valence-electron chi connectivity index (χ3n) is 6.36. The summed E-state index contributed by atoms with van der Waals surface area (Å²) in [6.45, 7) is 9.47. The highest BCUT2D eigenvalue weighted by Gasteiger charge is 2.30. The number of likely N-dealkylation sites (N-methyl/N-ethyl adjacent to an activating group) is 1. The van der Waals surface area contributed by atoms with Crippen LogP contribution in [-0.2, 0) is 11.3 Å². The minimum Gasteiger partial charge on any atom is -0.355 e. The molecule has 1 aliphatic carbocycles. The molecule has 1 saturated carbocycles. The molecule has 10 heteroatoms. The fourth-order valence-corrected chi connectivity index (χ4v) is 4.54. The molecule has 0 atom stereocenters. The van der Waals surface area contributed by atoms with E-state index in [1.807, 2.05) is 25.7 Å². The van der Waals surface area contributed by atoms with E-state index in [0.717, 1.165) is 31.5 Å². The minimum absolute atomic E-state index is 0.0221. The van der Waals surface area contributed by atoms with Crippen LogP contribution >= 0.6 is 0 Å². The van der Waals surface area contributed by atoms with Gasteiger partial charge in [-0.05, 0) is 38.2 Å². The Balaban J connectivity index is 1.69. The maximum atomic E-state index is 13.7. The molecule has 0 spiro atoms. The molecule has 2 N–H and O–H groups in total. The van der Waals surface area contributed by atoms with E-state index in [0.29, 0.717) is 50.5 Å². The minimum atomic E-state index is -0.578. The molecule has 4 rings (SSSR count). The lowest BCUT2D eigenvalue weighted by Gasteiger charge is -2.23. The van der Waals surface area contributed by atoms with Crippen molar-refractivity contribution < 1.29 is 9.59 Å². The van der Waals surface area contributed by atoms with Crippen LogP contribution in [0.3, 0.4) is 0 Å². The number of carbonyl (C=O) groups is 2. The van der Waals surface area contributed by atoms with Crippen LogP contribution in [0.1, 0.15) is 62.0 Å². The predicted octanol–water partition coefficient (Wildman–Crippen LogP) is 0.902. The summed E-state index contributed by atoms with van der Waals surface area (Å²) in [4.78, 5) is 62.1. The smallest absolute Gasteiger partial charge is 0.330 e. The standard InChI is InChI=1S/C24H34N6O4/c1-4-25-19(31)14-28-8-5-9-29(11-10-28)23(33)17-12-18(16-6-7-16)26-21-20(17)22(32)27-24(34)30(21)13-15(2)3/h12,15-16H,4-11,13-14H2,1-3H3,(H,25,31)(H,27,32,34). The average Bonchev–Trinajstić information content (AvgIpc) is 3.63. The lowest BCUT2D eigenvalue weighted by Crippen LogP contribution is -2.40. The van der Waals surface area contributed by atoms with Gasteiger partial charge in [0.1, 0.15) is 0 Å². The monoisotopic (exact) mass is 470 g/mol. The van der Waals surface area contributed by atoms with E-state index >= 15 is 0 Å². The fourth-order valence-electron chi connectivity index (χ4n) is 4.54. The van der Waals surface area contributed by atoms with Crippen molar-refractivity contribution in [3.63, 3.8) is 0 Å². The summed E-state index contributed by atoms with van der Waals surface area (Å²) in [5, 5.41) is 2.99. The average molecular weight is 471 g/mol. The molecule has 184 valence electrons. The molecule has 0 aromatic carbocycles. The maximum absolute atomic E-state index is 13.7. The van der Waals surface area contributed by atoms with Gasteiger partial charge in [0.15, 0.2) is 5.65 Å². The number of carbonyl (C=O) groups excluding carboxylic acids is 2. The first-order chi connectivity index (χ1) is 16.3. The van der Waals surface area contributed by atoms with Crippen LogP contribution in [0.4, 0.5) is 0 Å². The number of aromatic nitrogens is 3. The maximum Gasteiger partial charge on any atom is 0.330 e. The Morgan fingerprint density at radius 2 is 1.94 bits per heavy atom. The van der Waals surface area contributed by atoms with E-state index in [2.05, 4.69) is 10.3 Å². The second kappa shape index (κ2) is 10.1. The third-order valence-corrected chi connectivity index (χ3v) is 6.36. The van der Waals surface area contributed by atoms with Crippen molar-refractivity contribution in [2.75, 3.05) is 39.3 Å². The van der Waals surface area contributed by atoms with Crippen LogP contribution in [0, 0.1) is 5.92 Å². The molecule has 1 saturated heterocycles. The Hall–Kier alpha value is -3.01. The number of H-pyrrole nitrogens is 1. The van der Waals surface area contributed by atoms with Gasteiger partial charge in [0.05, 0.1) is 17.5 Å². The van der Waals surface area contributed by atoms with Crippen LogP contribution in [0.5, 0.6) is 0 Å². The predicted molar refractivity (Wildman–Crippen MR) is 129 cm³/mol. The van der Waals surface area contributed by atoms with Gasteiger partial charge in [0, 0.05) is 50.9 Å². The van der Waals surface area contributed by atoms with Gasteiger partial charge in [-0.15, -0.1) is 0 Å². The highest BCUT2D eigenvalue weighted by atomic mass is 16.2. The summed E-state index contributed by atoms with van der Waals surface area (Å²) in [5.41, 5.74) is 0.295. The summed E-state index contributed by atoms with van der Waals surface area (Å²) in [6.07, 6.45) is 2.71. The van der Waals surface area contributed by atoms with Gasteiger partial charge in [-0.1, -0.05) is 13.8 Å². The molecule has 34 heavy (non-hydrogen) atoms. The van der Waals surface area contributed by atoms with Crippen molar-refractivity contribution in [2.45, 2.75) is 52.5 Å². The zero-order valence-corrected chi connectivity index (χ0v) is 20.2. The van der Waals surface area contributed by atoms with E-state index in [-0.39, 0.29) is 29.0 Å². The molecule has 0 unspecified atom stereocenters. The van der Waals surface area contributed by atoms with Crippen molar-refractivity contribution in [2.24, 2.45) is 5.92 Å². The zero-order valence-electron chi connectivity index (χ0n) is 20.2. The Labute approximate surface area is 198 Å². The van der Waals surface area contributed by atoms with E-state index < -0.39 is 11.2 Å². The van der Waals surface area contributed by atoms with Crippen molar-refractivity contribution in [1.29, 1.82) is 0 Å². The van der Waals surface area contributed by atoms with E-state index in [1.165, 1.54) is 4.57 Å². The zero-order chi connectivity index (χ0) is 24.4. The molecular weight excluding hydrogens is 436 g/mol. The Kier molecular flexibility index (Phi) is 7.16. The van der Waals surface area contributed by atoms with Crippen molar-refractivity contribution in [1.82, 2.24) is 29.7 Å². The Bertz CT molecular complexity index is 1200. The lowest BCUT2D eigenvalue weighted by atomic mass is 10.1. The van der Waals surface area contributed by atoms with E-state index in [1.54, 1.807) is 11.0 Å². The van der Waals surface area contributed by atoms with Crippen LogP contribution in [0.15, 0.2) is 15.7 Å². The Morgan fingerprint density at radius 3 is 2.62 bits per heavy atom. The molecular formula is C24H34N6O4. The summed E-state index contributed by atoms with van der Waals surface area (Å²) >= 11 is 0. The number of aromatic amines is 1. The van der Waals surface area contributed by atoms with Crippen LogP contribution < -0.4 is 16.6 Å². The first-order valence-electron chi connectivity index (χ1n) is 12.2. The van der Waals surface area contributed by atoms with Gasteiger partial charge < -0.3 is 10.2 Å². The van der Waals surface area contributed by atoms with Gasteiger partial charge in [-0.2, -0.15) is 0 Å². The van der Waals surface area contributed by atoms with Gasteiger partial charge in [-0.25, -0.2) is 9.78 Å². The fraction of sp³-hybridized carbons (Fsp3) is 0.625. The number of rotatable bonds is 7. The number of hydrogen-bond acceptors (Lipinski definition) is 6. The second-order valence-electron chi connectivity index (χ2n) is 9.71. The number of amides is 2. The van der Waals surface area contributed by atoms with Gasteiger partial charge in [0.2, 0.25) is 5.91 Å². The highest BCUT2D eigenvalue weighted by molar-refractivity contribution is 6.05. The molecule has 2 fully saturated rings. The number of hydrogen-bond donors (Lipinski definition) is 2. The van der Waals surface area contributed by atoms with Gasteiger partial charge in [-0.3, -0.25) is 28.8 Å². The largest absolute Gasteiger partial charge is 0.355 e. The van der Waals surface area contributed by atoms with Crippen LogP contribution in [0.25, 0.3) is 11.0 Å². The second-order valence-corrected chi connectivity index (χ2v) is 9.71. The van der Waals surface area contributed by atoms with Crippen LogP contribution in [0.2, 0.25) is 0 Å². The number of nitrogens with one attached hydrogen (secondary N) is 2.